The average molecular weight is 365 g/mol. The molecule has 0 saturated carbocycles. The lowest BCUT2D eigenvalue weighted by atomic mass is 10.0. The van der Waals surface area contributed by atoms with Crippen molar-refractivity contribution >= 4 is 27.8 Å². The van der Waals surface area contributed by atoms with E-state index >= 15 is 0 Å². The van der Waals surface area contributed by atoms with Crippen molar-refractivity contribution in [3.05, 3.63) is 40.6 Å². The van der Waals surface area contributed by atoms with Crippen LogP contribution in [-0.2, 0) is 11.3 Å². The number of anilines is 1. The van der Waals surface area contributed by atoms with Crippen LogP contribution in [0.15, 0.2) is 35.1 Å². The highest BCUT2D eigenvalue weighted by molar-refractivity contribution is 9.10. The molecule has 0 aliphatic heterocycles. The molecule has 0 bridgehead atoms. The molecule has 0 radical (unpaired) electrons. The number of aromatic nitrogens is 3. The maximum absolute atomic E-state index is 11.9. The average Bonchev–Trinajstić information content (AvgIpc) is 2.85. The monoisotopic (exact) mass is 364 g/mol. The largest absolute Gasteiger partial charge is 0.293 e. The molecule has 1 atom stereocenters. The summed E-state index contributed by atoms with van der Waals surface area (Å²) in [5.41, 5.74) is 1.12. The Morgan fingerprint density at radius 1 is 1.45 bits per heavy atom. The maximum Gasteiger partial charge on any atom is 0.248 e. The first kappa shape index (κ1) is 16.7. The molecule has 1 aromatic heterocycles. The normalized spacial score (nSPS) is 12.1. The van der Waals surface area contributed by atoms with E-state index in [1.54, 1.807) is 11.0 Å². The fourth-order valence-corrected chi connectivity index (χ4v) is 2.78. The summed E-state index contributed by atoms with van der Waals surface area (Å²) < 4.78 is 2.75. The van der Waals surface area contributed by atoms with Crippen LogP contribution in [0.5, 0.6) is 0 Å². The molecule has 118 valence electrons. The molecule has 2 rings (SSSR count). The van der Waals surface area contributed by atoms with Crippen LogP contribution in [0.2, 0.25) is 0 Å². The number of carbonyl (C=O) groups excluding carboxylic acids is 1. The van der Waals surface area contributed by atoms with Gasteiger partial charge in [-0.1, -0.05) is 54.8 Å². The van der Waals surface area contributed by atoms with Gasteiger partial charge in [0.05, 0.1) is 6.54 Å². The van der Waals surface area contributed by atoms with Gasteiger partial charge in [-0.15, -0.1) is 5.10 Å². The second-order valence-electron chi connectivity index (χ2n) is 5.54. The number of benzene rings is 1. The van der Waals surface area contributed by atoms with Gasteiger partial charge in [0.25, 0.3) is 0 Å². The molecular formula is C16H21BrN4O. The van der Waals surface area contributed by atoms with E-state index in [0.29, 0.717) is 24.8 Å². The zero-order valence-electron chi connectivity index (χ0n) is 12.9. The molecule has 0 aliphatic rings. The number of rotatable bonds is 7. The highest BCUT2D eigenvalue weighted by atomic mass is 79.9. The zero-order chi connectivity index (χ0) is 15.9. The number of hydrogen-bond acceptors (Lipinski definition) is 3. The van der Waals surface area contributed by atoms with Crippen molar-refractivity contribution in [1.82, 2.24) is 14.8 Å². The summed E-state index contributed by atoms with van der Waals surface area (Å²) in [4.78, 5) is 16.0. The lowest BCUT2D eigenvalue weighted by Gasteiger charge is -2.08. The van der Waals surface area contributed by atoms with E-state index in [0.717, 1.165) is 22.9 Å². The van der Waals surface area contributed by atoms with Gasteiger partial charge in [0.15, 0.2) is 0 Å². The van der Waals surface area contributed by atoms with Crippen molar-refractivity contribution in [2.45, 2.75) is 39.7 Å². The van der Waals surface area contributed by atoms with E-state index in [2.05, 4.69) is 45.2 Å². The van der Waals surface area contributed by atoms with Crippen molar-refractivity contribution in [3.63, 3.8) is 0 Å². The van der Waals surface area contributed by atoms with Gasteiger partial charge in [0.2, 0.25) is 11.9 Å². The molecule has 6 heteroatoms. The number of halogens is 1. The second-order valence-corrected chi connectivity index (χ2v) is 6.46. The van der Waals surface area contributed by atoms with Crippen LogP contribution < -0.4 is 5.32 Å². The van der Waals surface area contributed by atoms with E-state index in [-0.39, 0.29) is 5.91 Å². The molecule has 22 heavy (non-hydrogen) atoms. The van der Waals surface area contributed by atoms with Crippen LogP contribution >= 0.6 is 15.9 Å². The van der Waals surface area contributed by atoms with Crippen LogP contribution in [0.4, 0.5) is 5.95 Å². The van der Waals surface area contributed by atoms with Crippen molar-refractivity contribution in [2.75, 3.05) is 5.32 Å². The maximum atomic E-state index is 11.9. The van der Waals surface area contributed by atoms with Crippen LogP contribution in [0.3, 0.4) is 0 Å². The molecule has 1 amide bonds. The third-order valence-corrected chi connectivity index (χ3v) is 3.83. The van der Waals surface area contributed by atoms with Gasteiger partial charge in [-0.3, -0.25) is 10.1 Å². The summed E-state index contributed by atoms with van der Waals surface area (Å²) >= 11 is 3.45. The number of amides is 1. The molecular weight excluding hydrogens is 344 g/mol. The van der Waals surface area contributed by atoms with Gasteiger partial charge < -0.3 is 0 Å². The first-order chi connectivity index (χ1) is 10.6. The number of nitrogens with zero attached hydrogens (tertiary/aromatic N) is 3. The van der Waals surface area contributed by atoms with Gasteiger partial charge in [-0.25, -0.2) is 9.67 Å². The fraction of sp³-hybridized carbons (Fsp3) is 0.438. The van der Waals surface area contributed by atoms with Crippen LogP contribution in [0.25, 0.3) is 0 Å². The molecule has 5 nitrogen and oxygen atoms in total. The molecule has 1 unspecified atom stereocenters. The van der Waals surface area contributed by atoms with E-state index < -0.39 is 0 Å². The Kier molecular flexibility index (Phi) is 6.12. The van der Waals surface area contributed by atoms with E-state index in [1.165, 1.54) is 0 Å². The first-order valence-corrected chi connectivity index (χ1v) is 8.30. The molecule has 1 heterocycles. The number of nitrogens with one attached hydrogen (secondary N) is 1. The van der Waals surface area contributed by atoms with Gasteiger partial charge in [-0.05, 0) is 23.6 Å². The Bertz CT molecular complexity index is 626. The number of hydrogen-bond donors (Lipinski definition) is 1. The predicted molar refractivity (Wildman–Crippen MR) is 90.6 cm³/mol. The van der Waals surface area contributed by atoms with Crippen LogP contribution in [0, 0.1) is 5.92 Å². The minimum absolute atomic E-state index is 0.0267. The van der Waals surface area contributed by atoms with Gasteiger partial charge in [0, 0.05) is 10.9 Å². The van der Waals surface area contributed by atoms with Crippen molar-refractivity contribution in [3.8, 4) is 0 Å². The Hall–Kier alpha value is -1.69. The minimum Gasteiger partial charge on any atom is -0.293 e. The lowest BCUT2D eigenvalue weighted by Crippen LogP contribution is -2.16. The topological polar surface area (TPSA) is 59.8 Å². The van der Waals surface area contributed by atoms with Crippen molar-refractivity contribution in [2.24, 2.45) is 5.92 Å². The zero-order valence-corrected chi connectivity index (χ0v) is 14.5. The summed E-state index contributed by atoms with van der Waals surface area (Å²) in [5.74, 6) is 0.721. The quantitative estimate of drug-likeness (QED) is 0.811. The highest BCUT2D eigenvalue weighted by Gasteiger charge is 2.11. The Balaban J connectivity index is 1.90. The van der Waals surface area contributed by atoms with Crippen LogP contribution in [0.1, 0.15) is 38.7 Å². The molecule has 0 fully saturated rings. The molecule has 1 N–H and O–H groups in total. The SMILES string of the molecule is CCCC(C)CC(=O)Nc1ncn(Cc2cccc(Br)c2)n1. The summed E-state index contributed by atoms with van der Waals surface area (Å²) in [7, 11) is 0. The van der Waals surface area contributed by atoms with Crippen molar-refractivity contribution < 1.29 is 4.79 Å². The standard InChI is InChI=1S/C16H21BrN4O/c1-3-5-12(2)8-15(22)19-16-18-11-21(20-16)10-13-6-4-7-14(17)9-13/h4,6-7,9,11-12H,3,5,8,10H2,1-2H3,(H,19,20,22). The fourth-order valence-electron chi connectivity index (χ4n) is 2.34. The van der Waals surface area contributed by atoms with E-state index in [4.69, 9.17) is 0 Å². The Morgan fingerprint density at radius 3 is 3.00 bits per heavy atom. The number of carbonyl (C=O) groups is 1. The molecule has 0 spiro atoms. The third-order valence-electron chi connectivity index (χ3n) is 3.34. The molecule has 1 aromatic carbocycles. The first-order valence-electron chi connectivity index (χ1n) is 7.50. The summed E-state index contributed by atoms with van der Waals surface area (Å²) in [6.45, 7) is 4.83. The summed E-state index contributed by atoms with van der Waals surface area (Å²) in [6.07, 6.45) is 4.28. The summed E-state index contributed by atoms with van der Waals surface area (Å²) in [5, 5.41) is 7.04. The van der Waals surface area contributed by atoms with Gasteiger partial charge in [-0.2, -0.15) is 0 Å². The molecule has 2 aromatic rings. The lowest BCUT2D eigenvalue weighted by molar-refractivity contribution is -0.117. The predicted octanol–water partition coefficient (Wildman–Crippen LogP) is 3.85. The van der Waals surface area contributed by atoms with E-state index in [1.807, 2.05) is 24.3 Å². The molecule has 0 aliphatic carbocycles. The van der Waals surface area contributed by atoms with Crippen molar-refractivity contribution in [1.29, 1.82) is 0 Å². The highest BCUT2D eigenvalue weighted by Crippen LogP contribution is 2.13. The second kappa shape index (κ2) is 8.08. The Morgan fingerprint density at radius 2 is 2.27 bits per heavy atom. The Labute approximate surface area is 139 Å². The molecule has 0 saturated heterocycles. The van der Waals surface area contributed by atoms with Crippen LogP contribution in [-0.4, -0.2) is 20.7 Å². The minimum atomic E-state index is -0.0267. The van der Waals surface area contributed by atoms with Gasteiger partial charge in [0.1, 0.15) is 6.33 Å². The third kappa shape index (κ3) is 5.26. The summed E-state index contributed by atoms with van der Waals surface area (Å²) in [6, 6.07) is 8.02. The van der Waals surface area contributed by atoms with Gasteiger partial charge >= 0.3 is 0 Å². The smallest absolute Gasteiger partial charge is 0.248 e. The van der Waals surface area contributed by atoms with E-state index in [9.17, 15) is 4.79 Å².